The van der Waals surface area contributed by atoms with Gasteiger partial charge in [0, 0.05) is 6.04 Å². The zero-order chi connectivity index (χ0) is 8.55. The van der Waals surface area contributed by atoms with Gasteiger partial charge in [-0.3, -0.25) is 0 Å². The van der Waals surface area contributed by atoms with E-state index < -0.39 is 0 Å². The van der Waals surface area contributed by atoms with E-state index in [-0.39, 0.29) is 6.04 Å². The van der Waals surface area contributed by atoms with Gasteiger partial charge in [-0.2, -0.15) is 0 Å². The van der Waals surface area contributed by atoms with Crippen molar-refractivity contribution in [3.63, 3.8) is 0 Å². The molecule has 2 N–H and O–H groups in total. The first kappa shape index (κ1) is 7.62. The number of hydrogen-bond acceptors (Lipinski definition) is 2. The largest absolute Gasteiger partial charge is 0.492 e. The number of hydrogen-bond donors (Lipinski definition) is 1. The standard InChI is InChI=1S/C10H13NO/c1-7-2-3-8-5-9(11)6-12-10(8)4-7/h2-4,9H,5-6,11H2,1H3. The van der Waals surface area contributed by atoms with E-state index in [1.54, 1.807) is 0 Å². The average Bonchev–Trinajstić information content (AvgIpc) is 2.05. The Hall–Kier alpha value is -1.02. The van der Waals surface area contributed by atoms with Crippen LogP contribution in [0.5, 0.6) is 5.75 Å². The van der Waals surface area contributed by atoms with Crippen LogP contribution in [-0.2, 0) is 6.42 Å². The van der Waals surface area contributed by atoms with E-state index in [1.165, 1.54) is 11.1 Å². The highest BCUT2D eigenvalue weighted by molar-refractivity contribution is 5.38. The highest BCUT2D eigenvalue weighted by Crippen LogP contribution is 2.24. The maximum atomic E-state index is 5.76. The Bertz CT molecular complexity index is 296. The Balaban J connectivity index is 2.37. The van der Waals surface area contributed by atoms with E-state index in [0.29, 0.717) is 6.61 Å². The van der Waals surface area contributed by atoms with E-state index in [2.05, 4.69) is 25.1 Å². The predicted molar refractivity (Wildman–Crippen MR) is 48.4 cm³/mol. The monoisotopic (exact) mass is 163 g/mol. The lowest BCUT2D eigenvalue weighted by atomic mass is 10.0. The normalized spacial score (nSPS) is 21.3. The Labute approximate surface area is 72.3 Å². The first-order valence-corrected chi connectivity index (χ1v) is 4.23. The summed E-state index contributed by atoms with van der Waals surface area (Å²) in [5, 5.41) is 0. The van der Waals surface area contributed by atoms with Crippen molar-refractivity contribution in [1.29, 1.82) is 0 Å². The fourth-order valence-electron chi connectivity index (χ4n) is 1.50. The lowest BCUT2D eigenvalue weighted by molar-refractivity contribution is 0.263. The summed E-state index contributed by atoms with van der Waals surface area (Å²) in [5.41, 5.74) is 8.24. The van der Waals surface area contributed by atoms with Crippen molar-refractivity contribution in [3.05, 3.63) is 29.3 Å². The second kappa shape index (κ2) is 2.79. The van der Waals surface area contributed by atoms with Crippen LogP contribution >= 0.6 is 0 Å². The first-order chi connectivity index (χ1) is 5.75. The molecule has 0 saturated heterocycles. The Morgan fingerprint density at radius 1 is 1.50 bits per heavy atom. The van der Waals surface area contributed by atoms with Crippen LogP contribution in [0.1, 0.15) is 11.1 Å². The molecule has 0 saturated carbocycles. The van der Waals surface area contributed by atoms with Crippen molar-refractivity contribution in [2.45, 2.75) is 19.4 Å². The SMILES string of the molecule is Cc1ccc2c(c1)OCC(N)C2. The molecular weight excluding hydrogens is 150 g/mol. The van der Waals surface area contributed by atoms with Gasteiger partial charge in [-0.25, -0.2) is 0 Å². The van der Waals surface area contributed by atoms with Crippen molar-refractivity contribution in [2.24, 2.45) is 5.73 Å². The summed E-state index contributed by atoms with van der Waals surface area (Å²) in [4.78, 5) is 0. The molecule has 1 atom stereocenters. The summed E-state index contributed by atoms with van der Waals surface area (Å²) in [6.45, 7) is 2.72. The Morgan fingerprint density at radius 3 is 3.17 bits per heavy atom. The minimum atomic E-state index is 0.167. The van der Waals surface area contributed by atoms with E-state index in [9.17, 15) is 0 Å². The highest BCUT2D eigenvalue weighted by Gasteiger charge is 2.15. The Kier molecular flexibility index (Phi) is 1.77. The van der Waals surface area contributed by atoms with Crippen LogP contribution in [0.25, 0.3) is 0 Å². The number of aryl methyl sites for hydroxylation is 1. The molecule has 2 nitrogen and oxygen atoms in total. The summed E-state index contributed by atoms with van der Waals surface area (Å²) in [7, 11) is 0. The molecule has 1 aromatic rings. The van der Waals surface area contributed by atoms with Gasteiger partial charge in [-0.1, -0.05) is 12.1 Å². The highest BCUT2D eigenvalue weighted by atomic mass is 16.5. The summed E-state index contributed by atoms with van der Waals surface area (Å²) in [6.07, 6.45) is 0.940. The average molecular weight is 163 g/mol. The van der Waals surface area contributed by atoms with Gasteiger partial charge in [0.2, 0.25) is 0 Å². The van der Waals surface area contributed by atoms with Crippen LogP contribution in [0.15, 0.2) is 18.2 Å². The molecule has 0 bridgehead atoms. The van der Waals surface area contributed by atoms with Crippen molar-refractivity contribution in [3.8, 4) is 5.75 Å². The van der Waals surface area contributed by atoms with Crippen molar-refractivity contribution < 1.29 is 4.74 Å². The molecule has 2 heteroatoms. The van der Waals surface area contributed by atoms with Gasteiger partial charge in [0.1, 0.15) is 12.4 Å². The molecular formula is C10H13NO. The molecule has 1 heterocycles. The molecule has 0 aromatic heterocycles. The van der Waals surface area contributed by atoms with Gasteiger partial charge < -0.3 is 10.5 Å². The third kappa shape index (κ3) is 1.30. The molecule has 1 aliphatic rings. The van der Waals surface area contributed by atoms with Gasteiger partial charge in [0.25, 0.3) is 0 Å². The number of ether oxygens (including phenoxy) is 1. The molecule has 12 heavy (non-hydrogen) atoms. The maximum absolute atomic E-state index is 5.76. The maximum Gasteiger partial charge on any atom is 0.122 e. The number of nitrogens with two attached hydrogens (primary N) is 1. The van der Waals surface area contributed by atoms with E-state index in [1.807, 2.05) is 0 Å². The summed E-state index contributed by atoms with van der Waals surface area (Å²) in [6, 6.07) is 6.44. The van der Waals surface area contributed by atoms with Gasteiger partial charge >= 0.3 is 0 Å². The number of benzene rings is 1. The van der Waals surface area contributed by atoms with Crippen LogP contribution in [0.3, 0.4) is 0 Å². The second-order valence-corrected chi connectivity index (χ2v) is 3.39. The number of fused-ring (bicyclic) bond motifs is 1. The first-order valence-electron chi connectivity index (χ1n) is 4.23. The molecule has 1 unspecified atom stereocenters. The lowest BCUT2D eigenvalue weighted by Gasteiger charge is -2.22. The van der Waals surface area contributed by atoms with E-state index in [0.717, 1.165) is 12.2 Å². The lowest BCUT2D eigenvalue weighted by Crippen LogP contribution is -2.33. The topological polar surface area (TPSA) is 35.2 Å². The molecule has 2 rings (SSSR count). The molecule has 1 aromatic carbocycles. The van der Waals surface area contributed by atoms with Crippen molar-refractivity contribution in [2.75, 3.05) is 6.61 Å². The van der Waals surface area contributed by atoms with Crippen LogP contribution in [0, 0.1) is 6.92 Å². The summed E-state index contributed by atoms with van der Waals surface area (Å²) in [5.74, 6) is 1.01. The van der Waals surface area contributed by atoms with E-state index in [4.69, 9.17) is 10.5 Å². The molecule has 1 aliphatic heterocycles. The van der Waals surface area contributed by atoms with Crippen molar-refractivity contribution >= 4 is 0 Å². The summed E-state index contributed by atoms with van der Waals surface area (Å²) < 4.78 is 5.49. The second-order valence-electron chi connectivity index (χ2n) is 3.39. The predicted octanol–water partition coefficient (Wildman–Crippen LogP) is 1.26. The van der Waals surface area contributed by atoms with Crippen LogP contribution < -0.4 is 10.5 Å². The fourth-order valence-corrected chi connectivity index (χ4v) is 1.50. The molecule has 0 fully saturated rings. The zero-order valence-corrected chi connectivity index (χ0v) is 7.21. The zero-order valence-electron chi connectivity index (χ0n) is 7.21. The quantitative estimate of drug-likeness (QED) is 0.625. The van der Waals surface area contributed by atoms with Gasteiger partial charge in [-0.05, 0) is 30.5 Å². The van der Waals surface area contributed by atoms with Gasteiger partial charge in [0.15, 0.2) is 0 Å². The Morgan fingerprint density at radius 2 is 2.33 bits per heavy atom. The molecule has 0 spiro atoms. The van der Waals surface area contributed by atoms with Crippen LogP contribution in [-0.4, -0.2) is 12.6 Å². The molecule has 0 amide bonds. The van der Waals surface area contributed by atoms with E-state index >= 15 is 0 Å². The smallest absolute Gasteiger partial charge is 0.122 e. The van der Waals surface area contributed by atoms with Crippen LogP contribution in [0.2, 0.25) is 0 Å². The third-order valence-corrected chi connectivity index (χ3v) is 2.16. The minimum Gasteiger partial charge on any atom is -0.492 e. The molecule has 0 aliphatic carbocycles. The molecule has 64 valence electrons. The third-order valence-electron chi connectivity index (χ3n) is 2.16. The number of rotatable bonds is 0. The van der Waals surface area contributed by atoms with Gasteiger partial charge in [-0.15, -0.1) is 0 Å². The fraction of sp³-hybridized carbons (Fsp3) is 0.400. The summed E-state index contributed by atoms with van der Waals surface area (Å²) >= 11 is 0. The minimum absolute atomic E-state index is 0.167. The van der Waals surface area contributed by atoms with Gasteiger partial charge in [0.05, 0.1) is 0 Å². The van der Waals surface area contributed by atoms with Crippen molar-refractivity contribution in [1.82, 2.24) is 0 Å². The molecule has 0 radical (unpaired) electrons. The van der Waals surface area contributed by atoms with Crippen LogP contribution in [0.4, 0.5) is 0 Å².